The first-order chi connectivity index (χ1) is 9.38. The van der Waals surface area contributed by atoms with Crippen molar-refractivity contribution in [3.63, 3.8) is 0 Å². The molecule has 0 amide bonds. The monoisotopic (exact) mass is 362 g/mol. The SMILES string of the molecule is CC(=O)CC(=O)O.CC(=O)CC(=O)O.CC(=O)CC(=O)O.[Fe]. The third kappa shape index (κ3) is 52.1. The molecule has 0 aliphatic rings. The van der Waals surface area contributed by atoms with Crippen LogP contribution in [0.2, 0.25) is 0 Å². The Kier molecular flexibility index (Phi) is 21.7. The minimum atomic E-state index is -1.06. The molecule has 0 fully saturated rings. The van der Waals surface area contributed by atoms with Crippen molar-refractivity contribution in [2.45, 2.75) is 40.0 Å². The summed E-state index contributed by atoms with van der Waals surface area (Å²) in [6.07, 6.45) is -1.08. The molecular formula is C12H18FeO9. The summed E-state index contributed by atoms with van der Waals surface area (Å²) in [7, 11) is 0. The number of carbonyl (C=O) groups excluding carboxylic acids is 3. The molecule has 10 heteroatoms. The number of rotatable bonds is 6. The minimum absolute atomic E-state index is 0. The van der Waals surface area contributed by atoms with E-state index >= 15 is 0 Å². The predicted octanol–water partition coefficient (Wildman–Crippen LogP) is 0.148. The van der Waals surface area contributed by atoms with Crippen molar-refractivity contribution in [1.82, 2.24) is 0 Å². The second-order valence-electron chi connectivity index (χ2n) is 3.82. The number of ketones is 3. The van der Waals surface area contributed by atoms with Crippen molar-refractivity contribution in [1.29, 1.82) is 0 Å². The van der Waals surface area contributed by atoms with Gasteiger partial charge < -0.3 is 15.3 Å². The van der Waals surface area contributed by atoms with Gasteiger partial charge in [0.25, 0.3) is 0 Å². The number of hydrogen-bond donors (Lipinski definition) is 3. The number of carbonyl (C=O) groups is 6. The van der Waals surface area contributed by atoms with Gasteiger partial charge in [0.15, 0.2) is 0 Å². The Hall–Kier alpha value is -2.06. The van der Waals surface area contributed by atoms with Crippen LogP contribution in [0.1, 0.15) is 40.0 Å². The topological polar surface area (TPSA) is 163 Å². The van der Waals surface area contributed by atoms with E-state index in [9.17, 15) is 28.8 Å². The van der Waals surface area contributed by atoms with Crippen LogP contribution in [0.5, 0.6) is 0 Å². The average Bonchev–Trinajstić information content (AvgIpc) is 2.10. The van der Waals surface area contributed by atoms with E-state index < -0.39 is 17.9 Å². The minimum Gasteiger partial charge on any atom is -0.481 e. The van der Waals surface area contributed by atoms with Gasteiger partial charge in [-0.25, -0.2) is 0 Å². The van der Waals surface area contributed by atoms with E-state index in [4.69, 9.17) is 15.3 Å². The zero-order valence-electron chi connectivity index (χ0n) is 12.3. The van der Waals surface area contributed by atoms with Crippen molar-refractivity contribution in [3.05, 3.63) is 0 Å². The van der Waals surface area contributed by atoms with Crippen molar-refractivity contribution >= 4 is 35.3 Å². The Morgan fingerprint density at radius 1 is 0.545 bits per heavy atom. The third-order valence-corrected chi connectivity index (χ3v) is 1.20. The maximum atomic E-state index is 9.87. The molecule has 0 unspecified atom stereocenters. The van der Waals surface area contributed by atoms with E-state index in [1.807, 2.05) is 0 Å². The first kappa shape index (κ1) is 28.2. The summed E-state index contributed by atoms with van der Waals surface area (Å²) in [5, 5.41) is 23.6. The Morgan fingerprint density at radius 2 is 0.682 bits per heavy atom. The molecule has 0 aliphatic heterocycles. The molecule has 0 rings (SSSR count). The molecule has 3 N–H and O–H groups in total. The van der Waals surface area contributed by atoms with Crippen LogP contribution in [0.15, 0.2) is 0 Å². The fraction of sp³-hybridized carbons (Fsp3) is 0.500. The fourth-order valence-electron chi connectivity index (χ4n) is 0.639. The van der Waals surface area contributed by atoms with Gasteiger partial charge >= 0.3 is 17.9 Å². The van der Waals surface area contributed by atoms with Gasteiger partial charge in [-0.3, -0.25) is 28.8 Å². The first-order valence-corrected chi connectivity index (χ1v) is 5.52. The van der Waals surface area contributed by atoms with Crippen LogP contribution in [0, 0.1) is 0 Å². The van der Waals surface area contributed by atoms with E-state index in [1.54, 1.807) is 0 Å². The molecule has 22 heavy (non-hydrogen) atoms. The molecule has 0 aliphatic carbocycles. The fourth-order valence-corrected chi connectivity index (χ4v) is 0.639. The summed E-state index contributed by atoms with van der Waals surface area (Å²) >= 11 is 0. The summed E-state index contributed by atoms with van der Waals surface area (Å²) in [4.78, 5) is 58.4. The van der Waals surface area contributed by atoms with Crippen LogP contribution in [0.3, 0.4) is 0 Å². The average molecular weight is 362 g/mol. The van der Waals surface area contributed by atoms with Gasteiger partial charge in [-0.1, -0.05) is 0 Å². The van der Waals surface area contributed by atoms with Crippen molar-refractivity contribution in [3.8, 4) is 0 Å². The smallest absolute Gasteiger partial charge is 0.310 e. The maximum Gasteiger partial charge on any atom is 0.310 e. The zero-order valence-corrected chi connectivity index (χ0v) is 13.4. The molecule has 9 nitrogen and oxygen atoms in total. The summed E-state index contributed by atoms with van der Waals surface area (Å²) in [6.45, 7) is 3.73. The normalized spacial score (nSPS) is 7.77. The maximum absolute atomic E-state index is 9.87. The molecular weight excluding hydrogens is 344 g/mol. The summed E-state index contributed by atoms with van der Waals surface area (Å²) < 4.78 is 0. The molecule has 0 saturated heterocycles. The second kappa shape index (κ2) is 17.0. The van der Waals surface area contributed by atoms with E-state index in [0.29, 0.717) is 0 Å². The van der Waals surface area contributed by atoms with Crippen molar-refractivity contribution in [2.75, 3.05) is 0 Å². The van der Waals surface area contributed by atoms with Gasteiger partial charge in [0, 0.05) is 17.1 Å². The molecule has 0 aromatic carbocycles. The Morgan fingerprint density at radius 3 is 0.682 bits per heavy atom. The summed E-state index contributed by atoms with van der Waals surface area (Å²) in [5.41, 5.74) is 0. The van der Waals surface area contributed by atoms with Crippen LogP contribution in [0.4, 0.5) is 0 Å². The predicted molar refractivity (Wildman–Crippen MR) is 68.8 cm³/mol. The van der Waals surface area contributed by atoms with Crippen LogP contribution in [-0.2, 0) is 45.8 Å². The molecule has 0 radical (unpaired) electrons. The van der Waals surface area contributed by atoms with E-state index in [-0.39, 0.29) is 53.7 Å². The molecule has 0 aromatic rings. The Balaban J connectivity index is -0.000000108. The number of hydrogen-bond acceptors (Lipinski definition) is 6. The van der Waals surface area contributed by atoms with Gasteiger partial charge in [0.05, 0.1) is 0 Å². The van der Waals surface area contributed by atoms with Gasteiger partial charge in [-0.2, -0.15) is 0 Å². The van der Waals surface area contributed by atoms with Gasteiger partial charge in [-0.15, -0.1) is 0 Å². The second-order valence-corrected chi connectivity index (χ2v) is 3.82. The Bertz CT molecular complexity index is 317. The van der Waals surface area contributed by atoms with E-state index in [2.05, 4.69) is 0 Å². The summed E-state index contributed by atoms with van der Waals surface area (Å²) in [6, 6.07) is 0. The van der Waals surface area contributed by atoms with Gasteiger partial charge in [0.1, 0.15) is 36.6 Å². The molecule has 0 heterocycles. The standard InChI is InChI=1S/3C4H6O3.Fe/c3*1-3(5)2-4(6)7;/h3*2H2,1H3,(H,6,7);. The Labute approximate surface area is 137 Å². The number of Topliss-reactive ketones (excluding diaryl/α,β-unsaturated/α-hetero) is 3. The third-order valence-electron chi connectivity index (χ3n) is 1.20. The molecule has 0 aromatic heterocycles. The van der Waals surface area contributed by atoms with Crippen molar-refractivity contribution < 1.29 is 61.2 Å². The van der Waals surface area contributed by atoms with Crippen LogP contribution in [-0.4, -0.2) is 50.6 Å². The number of carboxylic acid groups (broad SMARTS) is 3. The quantitative estimate of drug-likeness (QED) is 0.441. The number of carboxylic acids is 3. The summed E-state index contributed by atoms with van der Waals surface area (Å²) in [5.74, 6) is -4.12. The van der Waals surface area contributed by atoms with E-state index in [0.717, 1.165) is 0 Å². The zero-order chi connectivity index (χ0) is 17.6. The van der Waals surface area contributed by atoms with Crippen LogP contribution >= 0.6 is 0 Å². The largest absolute Gasteiger partial charge is 0.481 e. The van der Waals surface area contributed by atoms with Gasteiger partial charge in [0.2, 0.25) is 0 Å². The molecule has 0 bridgehead atoms. The van der Waals surface area contributed by atoms with Crippen LogP contribution < -0.4 is 0 Å². The van der Waals surface area contributed by atoms with Gasteiger partial charge in [-0.05, 0) is 20.8 Å². The van der Waals surface area contributed by atoms with Crippen LogP contribution in [0.25, 0.3) is 0 Å². The first-order valence-electron chi connectivity index (χ1n) is 5.52. The molecule has 0 spiro atoms. The van der Waals surface area contributed by atoms with Crippen molar-refractivity contribution in [2.24, 2.45) is 0 Å². The molecule has 0 atom stereocenters. The number of aliphatic carboxylic acids is 3. The molecule has 128 valence electrons. The molecule has 0 saturated carbocycles. The van der Waals surface area contributed by atoms with E-state index in [1.165, 1.54) is 20.8 Å².